The number of halogens is 2. The standard InChI is InChI=1S/C33H38ClFN8O3S/c1-23-24(3-5-30-28(23)18-27(19-36)43(30)16-13-40-11-14-42(15-12-40)47(2,44)45)21-41-9-7-26(8-10-41)39-33-32(20-37-22-38-33)46-31-6-4-25(35)17-29(31)34/h3-6,17-18,20,22,26H,7-16,21H2,1-2H3,(H,37,38,39). The number of hydrogen-bond acceptors (Lipinski definition) is 9. The van der Waals surface area contributed by atoms with Crippen molar-refractivity contribution in [3.8, 4) is 17.6 Å². The van der Waals surface area contributed by atoms with Gasteiger partial charge in [0.15, 0.2) is 11.6 Å². The second-order valence-corrected chi connectivity index (χ2v) is 14.6. The summed E-state index contributed by atoms with van der Waals surface area (Å²) >= 11 is 6.16. The maximum Gasteiger partial charge on any atom is 0.211 e. The summed E-state index contributed by atoms with van der Waals surface area (Å²) in [6.07, 6.45) is 6.11. The number of piperazine rings is 1. The van der Waals surface area contributed by atoms with Crippen molar-refractivity contribution in [2.24, 2.45) is 0 Å². The van der Waals surface area contributed by atoms with E-state index in [1.165, 1.54) is 46.2 Å². The summed E-state index contributed by atoms with van der Waals surface area (Å²) in [6, 6.07) is 12.8. The van der Waals surface area contributed by atoms with Crippen LogP contribution in [-0.2, 0) is 23.1 Å². The number of nitrogens with zero attached hydrogens (tertiary/aromatic N) is 7. The fourth-order valence-corrected chi connectivity index (χ4v) is 7.43. The Morgan fingerprint density at radius 1 is 1.04 bits per heavy atom. The predicted octanol–water partition coefficient (Wildman–Crippen LogP) is 4.85. The van der Waals surface area contributed by atoms with Crippen molar-refractivity contribution in [3.63, 3.8) is 0 Å². The van der Waals surface area contributed by atoms with Crippen molar-refractivity contribution in [1.29, 1.82) is 5.26 Å². The largest absolute Gasteiger partial charge is 0.450 e. The summed E-state index contributed by atoms with van der Waals surface area (Å²) in [7, 11) is -3.17. The van der Waals surface area contributed by atoms with Crippen molar-refractivity contribution in [2.45, 2.75) is 38.9 Å². The maximum absolute atomic E-state index is 13.5. The molecule has 0 atom stereocenters. The first kappa shape index (κ1) is 33.1. The summed E-state index contributed by atoms with van der Waals surface area (Å²) in [4.78, 5) is 13.2. The number of benzene rings is 2. The number of hydrogen-bond donors (Lipinski definition) is 1. The molecule has 0 radical (unpaired) electrons. The highest BCUT2D eigenvalue weighted by molar-refractivity contribution is 7.88. The van der Waals surface area contributed by atoms with E-state index in [-0.39, 0.29) is 11.1 Å². The smallest absolute Gasteiger partial charge is 0.211 e. The van der Waals surface area contributed by atoms with Gasteiger partial charge in [0.1, 0.15) is 29.7 Å². The monoisotopic (exact) mass is 680 g/mol. The molecule has 11 nitrogen and oxygen atoms in total. The molecule has 2 saturated heterocycles. The van der Waals surface area contributed by atoms with E-state index in [0.29, 0.717) is 55.7 Å². The van der Waals surface area contributed by atoms with Crippen LogP contribution in [0, 0.1) is 24.1 Å². The van der Waals surface area contributed by atoms with Crippen LogP contribution in [0.1, 0.15) is 29.7 Å². The summed E-state index contributed by atoms with van der Waals surface area (Å²) in [5.74, 6) is 0.878. The molecule has 2 aliphatic heterocycles. The molecule has 2 aromatic carbocycles. The number of piperidine rings is 1. The second-order valence-electron chi connectivity index (χ2n) is 12.2. The highest BCUT2D eigenvalue weighted by Crippen LogP contribution is 2.34. The highest BCUT2D eigenvalue weighted by Gasteiger charge is 2.25. The van der Waals surface area contributed by atoms with Crippen molar-refractivity contribution < 1.29 is 17.5 Å². The van der Waals surface area contributed by atoms with E-state index in [2.05, 4.69) is 54.8 Å². The van der Waals surface area contributed by atoms with Crippen LogP contribution in [0.3, 0.4) is 0 Å². The van der Waals surface area contributed by atoms with E-state index in [4.69, 9.17) is 16.3 Å². The fraction of sp³-hybridized carbons (Fsp3) is 0.424. The molecule has 2 aromatic heterocycles. The van der Waals surface area contributed by atoms with E-state index in [9.17, 15) is 18.1 Å². The zero-order valence-electron chi connectivity index (χ0n) is 26.5. The minimum Gasteiger partial charge on any atom is -0.450 e. The third kappa shape index (κ3) is 7.69. The molecular weight excluding hydrogens is 643 g/mol. The normalized spacial score (nSPS) is 17.2. The van der Waals surface area contributed by atoms with Gasteiger partial charge in [-0.15, -0.1) is 0 Å². The van der Waals surface area contributed by atoms with Gasteiger partial charge in [-0.05, 0) is 61.2 Å². The molecule has 47 heavy (non-hydrogen) atoms. The lowest BCUT2D eigenvalue weighted by atomic mass is 10.0. The lowest BCUT2D eigenvalue weighted by molar-refractivity contribution is 0.184. The number of sulfonamides is 1. The van der Waals surface area contributed by atoms with Gasteiger partial charge in [0.2, 0.25) is 10.0 Å². The minimum atomic E-state index is -3.17. The van der Waals surface area contributed by atoms with Gasteiger partial charge >= 0.3 is 0 Å². The van der Waals surface area contributed by atoms with Crippen LogP contribution >= 0.6 is 11.6 Å². The molecule has 0 bridgehead atoms. The third-order valence-corrected chi connectivity index (χ3v) is 10.7. The quantitative estimate of drug-likeness (QED) is 0.251. The molecule has 4 aromatic rings. The molecule has 0 unspecified atom stereocenters. The van der Waals surface area contributed by atoms with E-state index in [0.717, 1.165) is 49.9 Å². The Labute approximate surface area is 279 Å². The van der Waals surface area contributed by atoms with Gasteiger partial charge in [0, 0.05) is 75.8 Å². The Kier molecular flexibility index (Phi) is 9.96. The number of nitrogens with one attached hydrogen (secondary N) is 1. The zero-order chi connectivity index (χ0) is 33.1. The van der Waals surface area contributed by atoms with Crippen LogP contribution in [0.2, 0.25) is 5.02 Å². The van der Waals surface area contributed by atoms with Gasteiger partial charge in [0.05, 0.1) is 17.5 Å². The van der Waals surface area contributed by atoms with Crippen LogP contribution < -0.4 is 10.1 Å². The Bertz CT molecular complexity index is 1900. The van der Waals surface area contributed by atoms with Crippen molar-refractivity contribution in [2.75, 3.05) is 57.4 Å². The molecule has 14 heteroatoms. The van der Waals surface area contributed by atoms with Gasteiger partial charge < -0.3 is 14.6 Å². The SMILES string of the molecule is Cc1c(CN2CCC(Nc3ncncc3Oc3ccc(F)cc3Cl)CC2)ccc2c1cc(C#N)n2CCN1CCN(S(C)(=O)=O)CC1. The van der Waals surface area contributed by atoms with Crippen LogP contribution in [0.15, 0.2) is 48.9 Å². The van der Waals surface area contributed by atoms with Crippen LogP contribution in [-0.4, -0.2) is 95.2 Å². The number of aryl methyl sites for hydroxylation is 1. The molecule has 2 aliphatic rings. The lowest BCUT2D eigenvalue weighted by Gasteiger charge is -2.33. The molecule has 0 amide bonds. The van der Waals surface area contributed by atoms with E-state index < -0.39 is 15.8 Å². The third-order valence-electron chi connectivity index (χ3n) is 9.14. The Balaban J connectivity index is 1.06. The minimum absolute atomic E-state index is 0.171. The topological polar surface area (TPSA) is 120 Å². The number of rotatable bonds is 10. The molecule has 0 saturated carbocycles. The highest BCUT2D eigenvalue weighted by atomic mass is 35.5. The van der Waals surface area contributed by atoms with E-state index in [1.807, 2.05) is 6.07 Å². The van der Waals surface area contributed by atoms with Crippen molar-refractivity contribution in [1.82, 2.24) is 28.6 Å². The lowest BCUT2D eigenvalue weighted by Crippen LogP contribution is -2.48. The predicted molar refractivity (Wildman–Crippen MR) is 180 cm³/mol. The average molecular weight is 681 g/mol. The number of ether oxygens (including phenoxy) is 1. The number of fused-ring (bicyclic) bond motifs is 1. The van der Waals surface area contributed by atoms with Crippen LogP contribution in [0.25, 0.3) is 10.9 Å². The van der Waals surface area contributed by atoms with E-state index in [1.54, 1.807) is 6.20 Å². The van der Waals surface area contributed by atoms with Gasteiger partial charge in [0.25, 0.3) is 0 Å². The molecule has 4 heterocycles. The van der Waals surface area contributed by atoms with Crippen LogP contribution in [0.5, 0.6) is 11.5 Å². The Morgan fingerprint density at radius 3 is 2.51 bits per heavy atom. The first-order chi connectivity index (χ1) is 22.6. The molecule has 1 N–H and O–H groups in total. The molecule has 0 spiro atoms. The summed E-state index contributed by atoms with van der Waals surface area (Å²) in [6.45, 7) is 8.52. The Hall–Kier alpha value is -3.80. The number of nitriles is 1. The van der Waals surface area contributed by atoms with Gasteiger partial charge in [-0.3, -0.25) is 9.80 Å². The fourth-order valence-electron chi connectivity index (χ4n) is 6.40. The molecule has 6 rings (SSSR count). The van der Waals surface area contributed by atoms with E-state index >= 15 is 0 Å². The van der Waals surface area contributed by atoms with Gasteiger partial charge in [-0.2, -0.15) is 9.57 Å². The average Bonchev–Trinajstić information content (AvgIpc) is 3.42. The van der Waals surface area contributed by atoms with Gasteiger partial charge in [-0.25, -0.2) is 22.8 Å². The summed E-state index contributed by atoms with van der Waals surface area (Å²) in [5, 5.41) is 14.7. The molecular formula is C33H38ClFN8O3S. The molecule has 2 fully saturated rings. The first-order valence-electron chi connectivity index (χ1n) is 15.7. The second kappa shape index (κ2) is 14.1. The van der Waals surface area contributed by atoms with Crippen molar-refractivity contribution >= 4 is 38.3 Å². The Morgan fingerprint density at radius 2 is 1.81 bits per heavy atom. The summed E-state index contributed by atoms with van der Waals surface area (Å²) < 4.78 is 46.7. The number of anilines is 1. The summed E-state index contributed by atoms with van der Waals surface area (Å²) in [5.41, 5.74) is 4.11. The maximum atomic E-state index is 13.5. The van der Waals surface area contributed by atoms with Gasteiger partial charge in [-0.1, -0.05) is 17.7 Å². The number of aromatic nitrogens is 3. The molecule has 248 valence electrons. The number of likely N-dealkylation sites (tertiary alicyclic amines) is 1. The van der Waals surface area contributed by atoms with Crippen LogP contribution in [0.4, 0.5) is 10.2 Å². The first-order valence-corrected chi connectivity index (χ1v) is 17.9. The zero-order valence-corrected chi connectivity index (χ0v) is 28.1. The van der Waals surface area contributed by atoms with Crippen molar-refractivity contribution in [3.05, 3.63) is 76.6 Å². The molecule has 0 aliphatic carbocycles.